The zero-order chi connectivity index (χ0) is 23.4. The second kappa shape index (κ2) is 9.79. The molecule has 0 spiro atoms. The van der Waals surface area contributed by atoms with Crippen LogP contribution in [0.3, 0.4) is 0 Å². The van der Waals surface area contributed by atoms with Crippen molar-refractivity contribution in [3.63, 3.8) is 0 Å². The Bertz CT molecular complexity index is 1240. The van der Waals surface area contributed by atoms with Crippen LogP contribution in [0.15, 0.2) is 49.1 Å². The number of benzene rings is 1. The summed E-state index contributed by atoms with van der Waals surface area (Å²) in [5.41, 5.74) is 3.90. The van der Waals surface area contributed by atoms with Crippen molar-refractivity contribution in [2.24, 2.45) is 0 Å². The standard InChI is InChI=1S/C25H26FN5O2/c1-4-5-6-20-16(2)24(19-8-7-17(26)13-21(19)29-20)28-18-14-22(25(32)27-3)30-23(15-18)31-9-11-33-12-10-31/h4-8,13-15H,1,9-12H2,2-3H3,(H,27,32)(H,28,29,30)/b6-5+. The SMILES string of the molecule is C=C/C=C/c1nc2cc(F)ccc2c(Nc2cc(C(=O)NC)nc(N3CCOCC3)c2)c1C. The number of morpholine rings is 1. The number of allylic oxidation sites excluding steroid dienone is 2. The van der Waals surface area contributed by atoms with Gasteiger partial charge in [-0.1, -0.05) is 18.7 Å². The van der Waals surface area contributed by atoms with E-state index in [1.165, 1.54) is 12.1 Å². The normalized spacial score (nSPS) is 14.0. The summed E-state index contributed by atoms with van der Waals surface area (Å²) in [6, 6.07) is 8.14. The predicted octanol–water partition coefficient (Wildman–Crippen LogP) is 4.22. The summed E-state index contributed by atoms with van der Waals surface area (Å²) in [4.78, 5) is 23.7. The Hall–Kier alpha value is -3.78. The van der Waals surface area contributed by atoms with E-state index in [2.05, 4.69) is 32.1 Å². The molecule has 0 aliphatic carbocycles. The van der Waals surface area contributed by atoms with Gasteiger partial charge >= 0.3 is 0 Å². The number of hydrogen-bond donors (Lipinski definition) is 2. The van der Waals surface area contributed by atoms with Gasteiger partial charge in [-0.2, -0.15) is 0 Å². The van der Waals surface area contributed by atoms with Crippen molar-refractivity contribution < 1.29 is 13.9 Å². The first kappa shape index (κ1) is 22.4. The molecule has 0 atom stereocenters. The Morgan fingerprint density at radius 2 is 2.00 bits per heavy atom. The van der Waals surface area contributed by atoms with Crippen molar-refractivity contribution in [3.8, 4) is 0 Å². The number of amides is 1. The number of anilines is 3. The molecule has 2 N–H and O–H groups in total. The quantitative estimate of drug-likeness (QED) is 0.551. The molecule has 2 aromatic heterocycles. The number of carbonyl (C=O) groups is 1. The van der Waals surface area contributed by atoms with E-state index >= 15 is 0 Å². The summed E-state index contributed by atoms with van der Waals surface area (Å²) in [5.74, 6) is 0.0563. The van der Waals surface area contributed by atoms with E-state index in [9.17, 15) is 9.18 Å². The number of pyridine rings is 2. The Balaban J connectivity index is 1.84. The van der Waals surface area contributed by atoms with Gasteiger partial charge in [0.1, 0.15) is 17.3 Å². The molecule has 0 radical (unpaired) electrons. The fourth-order valence-corrected chi connectivity index (χ4v) is 3.77. The van der Waals surface area contributed by atoms with Crippen molar-refractivity contribution in [2.75, 3.05) is 43.6 Å². The lowest BCUT2D eigenvalue weighted by Crippen LogP contribution is -2.37. The number of aromatic nitrogens is 2. The van der Waals surface area contributed by atoms with Gasteiger partial charge in [0.15, 0.2) is 0 Å². The number of carbonyl (C=O) groups excluding carboxylic acids is 1. The average Bonchev–Trinajstić information content (AvgIpc) is 2.84. The number of rotatable bonds is 6. The largest absolute Gasteiger partial charge is 0.378 e. The van der Waals surface area contributed by atoms with E-state index in [1.54, 1.807) is 31.3 Å². The van der Waals surface area contributed by atoms with Crippen LogP contribution in [0.4, 0.5) is 21.6 Å². The number of ether oxygens (including phenoxy) is 1. The van der Waals surface area contributed by atoms with Gasteiger partial charge in [0, 0.05) is 43.3 Å². The number of hydrogen-bond acceptors (Lipinski definition) is 6. The van der Waals surface area contributed by atoms with Crippen LogP contribution in [0.1, 0.15) is 21.7 Å². The lowest BCUT2D eigenvalue weighted by Gasteiger charge is -2.28. The molecule has 1 saturated heterocycles. The number of nitrogens with zero attached hydrogens (tertiary/aromatic N) is 3. The van der Waals surface area contributed by atoms with Crippen LogP contribution >= 0.6 is 0 Å². The first-order valence-corrected chi connectivity index (χ1v) is 10.7. The molecule has 0 unspecified atom stereocenters. The lowest BCUT2D eigenvalue weighted by molar-refractivity contribution is 0.0958. The molecule has 170 valence electrons. The molecule has 1 aliphatic heterocycles. The van der Waals surface area contributed by atoms with Crippen molar-refractivity contribution in [2.45, 2.75) is 6.92 Å². The molecule has 0 bridgehead atoms. The summed E-state index contributed by atoms with van der Waals surface area (Å²) >= 11 is 0. The van der Waals surface area contributed by atoms with E-state index in [1.807, 2.05) is 19.1 Å². The summed E-state index contributed by atoms with van der Waals surface area (Å²) in [7, 11) is 1.58. The third-order valence-corrected chi connectivity index (χ3v) is 5.50. The molecule has 8 heteroatoms. The van der Waals surface area contributed by atoms with Crippen LogP contribution in [0.5, 0.6) is 0 Å². The molecular formula is C25H26FN5O2. The molecule has 4 rings (SSSR count). The van der Waals surface area contributed by atoms with Gasteiger partial charge in [0.25, 0.3) is 5.91 Å². The Morgan fingerprint density at radius 1 is 1.21 bits per heavy atom. The van der Waals surface area contributed by atoms with Gasteiger partial charge in [-0.05, 0) is 36.8 Å². The fraction of sp³-hybridized carbons (Fsp3) is 0.240. The summed E-state index contributed by atoms with van der Waals surface area (Å²) in [5, 5.41) is 6.86. The van der Waals surface area contributed by atoms with Gasteiger partial charge in [-0.25, -0.2) is 14.4 Å². The van der Waals surface area contributed by atoms with Crippen LogP contribution in [-0.2, 0) is 4.74 Å². The molecule has 3 aromatic rings. The molecule has 3 heterocycles. The third kappa shape index (κ3) is 4.85. The maximum absolute atomic E-state index is 14.0. The van der Waals surface area contributed by atoms with Crippen LogP contribution in [0, 0.1) is 12.7 Å². The van der Waals surface area contributed by atoms with E-state index in [0.29, 0.717) is 54.7 Å². The molecule has 7 nitrogen and oxygen atoms in total. The maximum Gasteiger partial charge on any atom is 0.269 e. The summed E-state index contributed by atoms with van der Waals surface area (Å²) in [6.07, 6.45) is 5.29. The molecular weight excluding hydrogens is 421 g/mol. The average molecular weight is 448 g/mol. The van der Waals surface area contributed by atoms with Gasteiger partial charge in [-0.3, -0.25) is 4.79 Å². The van der Waals surface area contributed by atoms with Crippen LogP contribution < -0.4 is 15.5 Å². The van der Waals surface area contributed by atoms with E-state index in [0.717, 1.165) is 16.6 Å². The van der Waals surface area contributed by atoms with Crippen molar-refractivity contribution >= 4 is 40.1 Å². The summed E-state index contributed by atoms with van der Waals surface area (Å²) in [6.45, 7) is 8.25. The highest BCUT2D eigenvalue weighted by molar-refractivity contribution is 5.98. The van der Waals surface area contributed by atoms with Crippen LogP contribution in [0.2, 0.25) is 0 Å². The van der Waals surface area contributed by atoms with Crippen molar-refractivity contribution in [3.05, 3.63) is 71.8 Å². The van der Waals surface area contributed by atoms with Crippen molar-refractivity contribution in [1.82, 2.24) is 15.3 Å². The van der Waals surface area contributed by atoms with Gasteiger partial charge in [-0.15, -0.1) is 0 Å². The minimum absolute atomic E-state index is 0.277. The van der Waals surface area contributed by atoms with E-state index in [4.69, 9.17) is 4.74 Å². The van der Waals surface area contributed by atoms with Gasteiger partial charge in [0.2, 0.25) is 0 Å². The highest BCUT2D eigenvalue weighted by Gasteiger charge is 2.18. The lowest BCUT2D eigenvalue weighted by atomic mass is 10.1. The Kier molecular flexibility index (Phi) is 6.65. The first-order chi connectivity index (χ1) is 16.0. The maximum atomic E-state index is 14.0. The minimum atomic E-state index is -0.358. The molecule has 33 heavy (non-hydrogen) atoms. The zero-order valence-electron chi connectivity index (χ0n) is 18.7. The topological polar surface area (TPSA) is 79.4 Å². The third-order valence-electron chi connectivity index (χ3n) is 5.50. The second-order valence-corrected chi connectivity index (χ2v) is 7.66. The van der Waals surface area contributed by atoms with Gasteiger partial charge < -0.3 is 20.3 Å². The number of nitrogens with one attached hydrogen (secondary N) is 2. The molecule has 1 amide bonds. The molecule has 1 aliphatic rings. The first-order valence-electron chi connectivity index (χ1n) is 10.7. The highest BCUT2D eigenvalue weighted by atomic mass is 19.1. The second-order valence-electron chi connectivity index (χ2n) is 7.66. The minimum Gasteiger partial charge on any atom is -0.378 e. The number of halogens is 1. The summed E-state index contributed by atoms with van der Waals surface area (Å²) < 4.78 is 19.4. The predicted molar refractivity (Wildman–Crippen MR) is 130 cm³/mol. The molecule has 1 aromatic carbocycles. The van der Waals surface area contributed by atoms with Gasteiger partial charge in [0.05, 0.1) is 30.1 Å². The highest BCUT2D eigenvalue weighted by Crippen LogP contribution is 2.33. The zero-order valence-corrected chi connectivity index (χ0v) is 18.7. The van der Waals surface area contributed by atoms with E-state index in [-0.39, 0.29) is 11.7 Å². The fourth-order valence-electron chi connectivity index (χ4n) is 3.77. The monoisotopic (exact) mass is 447 g/mol. The van der Waals surface area contributed by atoms with Crippen LogP contribution in [-0.4, -0.2) is 49.2 Å². The van der Waals surface area contributed by atoms with Crippen LogP contribution in [0.25, 0.3) is 17.0 Å². The molecule has 1 fully saturated rings. The smallest absolute Gasteiger partial charge is 0.269 e. The Labute approximate surface area is 192 Å². The molecule has 0 saturated carbocycles. The van der Waals surface area contributed by atoms with Crippen molar-refractivity contribution in [1.29, 1.82) is 0 Å². The Morgan fingerprint density at radius 3 is 2.73 bits per heavy atom. The van der Waals surface area contributed by atoms with E-state index < -0.39 is 0 Å². The number of fused-ring (bicyclic) bond motifs is 1.